The van der Waals surface area contributed by atoms with Gasteiger partial charge in [0.2, 0.25) is 0 Å². The number of hydrogen-bond donors (Lipinski definition) is 1. The lowest BCUT2D eigenvalue weighted by molar-refractivity contribution is 0.0662. The van der Waals surface area contributed by atoms with Crippen LogP contribution in [-0.2, 0) is 6.42 Å². The summed E-state index contributed by atoms with van der Waals surface area (Å²) in [5.74, 6) is 0.451. The molecule has 2 heterocycles. The van der Waals surface area contributed by atoms with E-state index in [2.05, 4.69) is 17.5 Å². The highest BCUT2D eigenvalue weighted by molar-refractivity contribution is 6.07. The largest absolute Gasteiger partial charge is 0.455 e. The molecule has 0 radical (unpaired) electrons. The number of fused-ring (bicyclic) bond motifs is 1. The number of rotatable bonds is 3. The van der Waals surface area contributed by atoms with Crippen molar-refractivity contribution in [3.05, 3.63) is 58.3 Å². The molecule has 1 aliphatic heterocycles. The molecule has 0 spiro atoms. The van der Waals surface area contributed by atoms with Crippen molar-refractivity contribution in [1.82, 2.24) is 10.3 Å². The van der Waals surface area contributed by atoms with Gasteiger partial charge in [-0.05, 0) is 50.7 Å². The topological polar surface area (TPSA) is 74.9 Å². The molecule has 7 heteroatoms. The number of furan rings is 1. The molecule has 1 fully saturated rings. The van der Waals surface area contributed by atoms with E-state index in [0.717, 1.165) is 55.7 Å². The Hall–Kier alpha value is -2.96. The average molecular weight is 411 g/mol. The van der Waals surface area contributed by atoms with Crippen LogP contribution in [0.1, 0.15) is 70.4 Å². The Labute approximate surface area is 175 Å². The van der Waals surface area contributed by atoms with Gasteiger partial charge in [0, 0.05) is 30.6 Å². The summed E-state index contributed by atoms with van der Waals surface area (Å²) in [6.07, 6.45) is 4.18. The number of hydrogen-bond acceptors (Lipinski definition) is 4. The highest BCUT2D eigenvalue weighted by atomic mass is 19.1. The number of amides is 2. The van der Waals surface area contributed by atoms with Crippen molar-refractivity contribution in [2.24, 2.45) is 11.0 Å². The van der Waals surface area contributed by atoms with Crippen LogP contribution in [0, 0.1) is 18.7 Å². The van der Waals surface area contributed by atoms with Crippen LogP contribution in [0.15, 0.2) is 33.8 Å². The summed E-state index contributed by atoms with van der Waals surface area (Å²) in [5.41, 5.74) is 4.61. The molecule has 4 rings (SSSR count). The zero-order valence-corrected chi connectivity index (χ0v) is 17.3. The molecule has 1 aromatic heterocycles. The molecule has 2 aromatic rings. The maximum Gasteiger partial charge on any atom is 0.289 e. The maximum atomic E-state index is 13.8. The Kier molecular flexibility index (Phi) is 5.70. The summed E-state index contributed by atoms with van der Waals surface area (Å²) < 4.78 is 19.8. The lowest BCUT2D eigenvalue weighted by Gasteiger charge is -2.29. The molecule has 2 aliphatic rings. The molecule has 1 saturated heterocycles. The fraction of sp³-hybridized carbons (Fsp3) is 0.435. The minimum Gasteiger partial charge on any atom is -0.455 e. The number of benzene rings is 1. The second-order valence-corrected chi connectivity index (χ2v) is 8.16. The maximum absolute atomic E-state index is 13.8. The molecule has 6 nitrogen and oxygen atoms in total. The SMILES string of the molecule is Cc1c(C(=O)N2CCC(C)CC2)oc2c1/C(=N/NC(=O)c1ccccc1F)CCC2. The number of nitrogens with zero attached hydrogens (tertiary/aromatic N) is 2. The lowest BCUT2D eigenvalue weighted by Crippen LogP contribution is -2.38. The van der Waals surface area contributed by atoms with Gasteiger partial charge in [-0.25, -0.2) is 9.82 Å². The first-order chi connectivity index (χ1) is 14.5. The van der Waals surface area contributed by atoms with Crippen molar-refractivity contribution in [2.75, 3.05) is 13.1 Å². The smallest absolute Gasteiger partial charge is 0.289 e. The van der Waals surface area contributed by atoms with Gasteiger partial charge in [-0.3, -0.25) is 9.59 Å². The van der Waals surface area contributed by atoms with Crippen LogP contribution in [-0.4, -0.2) is 35.5 Å². The Morgan fingerprint density at radius 1 is 1.20 bits per heavy atom. The van der Waals surface area contributed by atoms with Gasteiger partial charge in [0.1, 0.15) is 11.6 Å². The van der Waals surface area contributed by atoms with Gasteiger partial charge in [-0.2, -0.15) is 5.10 Å². The number of likely N-dealkylation sites (tertiary alicyclic amines) is 1. The number of carbonyl (C=O) groups is 2. The number of piperidine rings is 1. The van der Waals surface area contributed by atoms with E-state index in [4.69, 9.17) is 4.42 Å². The molecule has 1 aliphatic carbocycles. The van der Waals surface area contributed by atoms with Gasteiger partial charge >= 0.3 is 0 Å². The standard InChI is InChI=1S/C23H26FN3O3/c1-14-10-12-27(13-11-14)23(29)21-15(2)20-18(8-5-9-19(20)30-21)25-26-22(28)16-6-3-4-7-17(16)24/h3-4,6-7,14H,5,8-13H2,1-2H3,(H,26,28)/b25-18+. The summed E-state index contributed by atoms with van der Waals surface area (Å²) >= 11 is 0. The van der Waals surface area contributed by atoms with Crippen molar-refractivity contribution >= 4 is 17.5 Å². The third-order valence-electron chi connectivity index (χ3n) is 6.00. The van der Waals surface area contributed by atoms with E-state index < -0.39 is 11.7 Å². The Morgan fingerprint density at radius 2 is 1.93 bits per heavy atom. The summed E-state index contributed by atoms with van der Waals surface area (Å²) in [6, 6.07) is 5.78. The van der Waals surface area contributed by atoms with E-state index in [1.807, 2.05) is 11.8 Å². The number of hydrazone groups is 1. The first kappa shape index (κ1) is 20.3. The van der Waals surface area contributed by atoms with Gasteiger partial charge in [0.25, 0.3) is 11.8 Å². The summed E-state index contributed by atoms with van der Waals surface area (Å²) in [4.78, 5) is 27.2. The predicted molar refractivity (Wildman–Crippen MR) is 111 cm³/mol. The first-order valence-electron chi connectivity index (χ1n) is 10.5. The van der Waals surface area contributed by atoms with Gasteiger partial charge in [0.15, 0.2) is 5.76 Å². The number of nitrogens with one attached hydrogen (secondary N) is 1. The van der Waals surface area contributed by atoms with Gasteiger partial charge in [-0.1, -0.05) is 19.1 Å². The van der Waals surface area contributed by atoms with Crippen molar-refractivity contribution in [3.8, 4) is 0 Å². The molecule has 2 amide bonds. The van der Waals surface area contributed by atoms with E-state index in [0.29, 0.717) is 23.8 Å². The zero-order valence-electron chi connectivity index (χ0n) is 17.3. The molecule has 0 bridgehead atoms. The summed E-state index contributed by atoms with van der Waals surface area (Å²) in [6.45, 7) is 5.55. The molecule has 158 valence electrons. The van der Waals surface area contributed by atoms with E-state index >= 15 is 0 Å². The normalized spacial score (nSPS) is 18.4. The molecular formula is C23H26FN3O3. The molecular weight excluding hydrogens is 385 g/mol. The molecule has 30 heavy (non-hydrogen) atoms. The minimum absolute atomic E-state index is 0.0583. The summed E-state index contributed by atoms with van der Waals surface area (Å²) in [5, 5.41) is 4.26. The van der Waals surface area contributed by atoms with E-state index in [-0.39, 0.29) is 11.5 Å². The zero-order chi connectivity index (χ0) is 21.3. The third-order valence-corrected chi connectivity index (χ3v) is 6.00. The monoisotopic (exact) mass is 411 g/mol. The molecule has 0 unspecified atom stereocenters. The van der Waals surface area contributed by atoms with Crippen molar-refractivity contribution in [3.63, 3.8) is 0 Å². The fourth-order valence-corrected chi connectivity index (χ4v) is 4.16. The molecule has 0 atom stereocenters. The third kappa shape index (κ3) is 3.88. The quantitative estimate of drug-likeness (QED) is 0.774. The Bertz CT molecular complexity index is 1000. The first-order valence-corrected chi connectivity index (χ1v) is 10.5. The van der Waals surface area contributed by atoms with Gasteiger partial charge < -0.3 is 9.32 Å². The summed E-state index contributed by atoms with van der Waals surface area (Å²) in [7, 11) is 0. The second kappa shape index (κ2) is 8.42. The van der Waals surface area contributed by atoms with Crippen LogP contribution in [0.3, 0.4) is 0 Å². The molecule has 1 aromatic carbocycles. The number of carbonyl (C=O) groups excluding carboxylic acids is 2. The highest BCUT2D eigenvalue weighted by Gasteiger charge is 2.31. The highest BCUT2D eigenvalue weighted by Crippen LogP contribution is 2.31. The van der Waals surface area contributed by atoms with Crippen molar-refractivity contribution in [2.45, 2.75) is 46.0 Å². The fourth-order valence-electron chi connectivity index (χ4n) is 4.16. The van der Waals surface area contributed by atoms with Crippen LogP contribution in [0.25, 0.3) is 0 Å². The van der Waals surface area contributed by atoms with Crippen LogP contribution in [0.5, 0.6) is 0 Å². The van der Waals surface area contributed by atoms with E-state index in [1.54, 1.807) is 6.07 Å². The van der Waals surface area contributed by atoms with E-state index in [1.165, 1.54) is 18.2 Å². The van der Waals surface area contributed by atoms with Gasteiger partial charge in [0.05, 0.1) is 11.3 Å². The van der Waals surface area contributed by atoms with E-state index in [9.17, 15) is 14.0 Å². The number of halogens is 1. The molecule has 0 saturated carbocycles. The Morgan fingerprint density at radius 3 is 2.67 bits per heavy atom. The van der Waals surface area contributed by atoms with Crippen molar-refractivity contribution < 1.29 is 18.4 Å². The average Bonchev–Trinajstić information content (AvgIpc) is 3.09. The lowest BCUT2D eigenvalue weighted by atomic mass is 9.93. The molecule has 1 N–H and O–H groups in total. The number of aryl methyl sites for hydroxylation is 1. The van der Waals surface area contributed by atoms with Crippen molar-refractivity contribution in [1.29, 1.82) is 0 Å². The predicted octanol–water partition coefficient (Wildman–Crippen LogP) is 4.07. The van der Waals surface area contributed by atoms with Crippen LogP contribution in [0.2, 0.25) is 0 Å². The van der Waals surface area contributed by atoms with Crippen LogP contribution >= 0.6 is 0 Å². The van der Waals surface area contributed by atoms with Crippen LogP contribution < -0.4 is 5.43 Å². The second-order valence-electron chi connectivity index (χ2n) is 8.16. The van der Waals surface area contributed by atoms with Crippen LogP contribution in [0.4, 0.5) is 4.39 Å². The Balaban J connectivity index is 1.57. The van der Waals surface area contributed by atoms with Gasteiger partial charge in [-0.15, -0.1) is 0 Å². The minimum atomic E-state index is -0.604.